The third-order valence-corrected chi connectivity index (χ3v) is 5.56. The first-order valence-corrected chi connectivity index (χ1v) is 10.9. The number of hydrogen-bond acceptors (Lipinski definition) is 6. The lowest BCUT2D eigenvalue weighted by Crippen LogP contribution is -2.35. The summed E-state index contributed by atoms with van der Waals surface area (Å²) in [5.74, 6) is -1.68. The molecule has 1 aromatic carbocycles. The van der Waals surface area contributed by atoms with Gasteiger partial charge in [-0.3, -0.25) is 9.59 Å². The number of pyridine rings is 1. The smallest absolute Gasteiger partial charge is 0.254 e. The predicted octanol–water partition coefficient (Wildman–Crippen LogP) is 3.02. The van der Waals surface area contributed by atoms with E-state index in [1.807, 2.05) is 19.9 Å². The van der Waals surface area contributed by atoms with Crippen LogP contribution in [0.4, 0.5) is 4.39 Å². The highest BCUT2D eigenvalue weighted by Gasteiger charge is 2.22. The Bertz CT molecular complexity index is 1080. The first-order valence-electron chi connectivity index (χ1n) is 10.9. The number of nitriles is 1. The molecule has 1 aliphatic rings. The van der Waals surface area contributed by atoms with Crippen molar-refractivity contribution in [2.45, 2.75) is 58.3 Å². The zero-order valence-electron chi connectivity index (χ0n) is 18.7. The van der Waals surface area contributed by atoms with Crippen LogP contribution in [0.5, 0.6) is 5.88 Å². The second-order valence-electron chi connectivity index (χ2n) is 8.00. The number of halogens is 1. The molecule has 2 heterocycles. The zero-order chi connectivity index (χ0) is 24.0. The average molecular weight is 455 g/mol. The molecule has 2 amide bonds. The second kappa shape index (κ2) is 10.9. The number of nitrogens with one attached hydrogen (secondary N) is 1. The summed E-state index contributed by atoms with van der Waals surface area (Å²) in [6.45, 7) is 4.70. The van der Waals surface area contributed by atoms with Crippen molar-refractivity contribution in [3.8, 4) is 11.9 Å². The van der Waals surface area contributed by atoms with E-state index in [0.29, 0.717) is 38.9 Å². The van der Waals surface area contributed by atoms with Gasteiger partial charge in [0.2, 0.25) is 5.88 Å². The Morgan fingerprint density at radius 2 is 2.12 bits per heavy atom. The highest BCUT2D eigenvalue weighted by Crippen LogP contribution is 2.25. The summed E-state index contributed by atoms with van der Waals surface area (Å²) < 4.78 is 25.4. The number of nitrogens with two attached hydrogens (primary N) is 1. The van der Waals surface area contributed by atoms with Crippen molar-refractivity contribution in [1.29, 1.82) is 5.26 Å². The molecule has 9 heteroatoms. The molecule has 1 aliphatic heterocycles. The van der Waals surface area contributed by atoms with E-state index in [9.17, 15) is 14.0 Å². The van der Waals surface area contributed by atoms with Crippen LogP contribution in [-0.4, -0.2) is 35.6 Å². The predicted molar refractivity (Wildman–Crippen MR) is 118 cm³/mol. The van der Waals surface area contributed by atoms with Gasteiger partial charge in [0.25, 0.3) is 11.8 Å². The number of nitrogens with zero attached hydrogens (tertiary/aromatic N) is 2. The molecule has 0 radical (unpaired) electrons. The second-order valence-corrected chi connectivity index (χ2v) is 8.00. The molecule has 0 unspecified atom stereocenters. The SMILES string of the molecule is CC[C@@H](CC[C@H](C)Oc1nc2c(cc1C(N)=O)COCC2)NC(=O)c1cc(C#N)ccc1F. The van der Waals surface area contributed by atoms with Gasteiger partial charge < -0.3 is 20.5 Å². The molecule has 1 aromatic heterocycles. The molecule has 33 heavy (non-hydrogen) atoms. The molecule has 8 nitrogen and oxygen atoms in total. The van der Waals surface area contributed by atoms with Crippen LogP contribution in [0.15, 0.2) is 24.3 Å². The lowest BCUT2D eigenvalue weighted by atomic mass is 10.0. The Balaban J connectivity index is 1.63. The van der Waals surface area contributed by atoms with Crippen LogP contribution in [-0.2, 0) is 17.8 Å². The highest BCUT2D eigenvalue weighted by molar-refractivity contribution is 5.95. The number of ether oxygens (including phenoxy) is 2. The van der Waals surface area contributed by atoms with Gasteiger partial charge in [-0.1, -0.05) is 6.92 Å². The van der Waals surface area contributed by atoms with Gasteiger partial charge in [-0.15, -0.1) is 0 Å². The number of rotatable bonds is 9. The van der Waals surface area contributed by atoms with E-state index in [1.165, 1.54) is 12.1 Å². The van der Waals surface area contributed by atoms with Gasteiger partial charge in [0.1, 0.15) is 11.4 Å². The van der Waals surface area contributed by atoms with E-state index in [-0.39, 0.29) is 34.7 Å². The van der Waals surface area contributed by atoms with Gasteiger partial charge in [-0.2, -0.15) is 5.26 Å². The summed E-state index contributed by atoms with van der Waals surface area (Å²) >= 11 is 0. The van der Waals surface area contributed by atoms with Gasteiger partial charge in [-0.25, -0.2) is 9.37 Å². The number of hydrogen-bond donors (Lipinski definition) is 2. The topological polar surface area (TPSA) is 127 Å². The Kier molecular flexibility index (Phi) is 7.96. The Labute approximate surface area is 191 Å². The molecule has 0 aliphatic carbocycles. The van der Waals surface area contributed by atoms with E-state index in [1.54, 1.807) is 6.07 Å². The van der Waals surface area contributed by atoms with Gasteiger partial charge in [0, 0.05) is 18.0 Å². The molecule has 3 rings (SSSR count). The van der Waals surface area contributed by atoms with E-state index < -0.39 is 17.6 Å². The van der Waals surface area contributed by atoms with Crippen LogP contribution in [0.3, 0.4) is 0 Å². The van der Waals surface area contributed by atoms with Gasteiger partial charge >= 0.3 is 0 Å². The number of carbonyl (C=O) groups excluding carboxylic acids is 2. The number of fused-ring (bicyclic) bond motifs is 1. The minimum absolute atomic E-state index is 0.162. The molecule has 2 atom stereocenters. The molecule has 2 aromatic rings. The molecular weight excluding hydrogens is 427 g/mol. The highest BCUT2D eigenvalue weighted by atomic mass is 19.1. The molecule has 3 N–H and O–H groups in total. The molecular formula is C24H27FN4O4. The first-order chi connectivity index (χ1) is 15.8. The zero-order valence-corrected chi connectivity index (χ0v) is 18.7. The Morgan fingerprint density at radius 1 is 1.33 bits per heavy atom. The van der Waals surface area contributed by atoms with Crippen LogP contribution in [0.1, 0.15) is 70.6 Å². The summed E-state index contributed by atoms with van der Waals surface area (Å²) in [6.07, 6.45) is 2.07. The summed E-state index contributed by atoms with van der Waals surface area (Å²) in [5, 5.41) is 11.8. The number of carbonyl (C=O) groups is 2. The fraction of sp³-hybridized carbons (Fsp3) is 0.417. The van der Waals surface area contributed by atoms with Gasteiger partial charge in [-0.05, 0) is 50.5 Å². The van der Waals surface area contributed by atoms with E-state index in [0.717, 1.165) is 17.3 Å². The number of amides is 2. The Hall–Kier alpha value is -3.51. The summed E-state index contributed by atoms with van der Waals surface area (Å²) in [5.41, 5.74) is 7.43. The monoisotopic (exact) mass is 454 g/mol. The molecule has 0 fully saturated rings. The summed E-state index contributed by atoms with van der Waals surface area (Å²) in [4.78, 5) is 28.9. The van der Waals surface area contributed by atoms with Crippen molar-refractivity contribution in [3.05, 3.63) is 58.0 Å². The first kappa shape index (κ1) is 24.1. The standard InChI is InChI=1S/C24H27FN4O4/c1-3-17(28-23(31)18-10-15(12-26)5-7-20(18)25)6-4-14(2)33-24-19(22(27)30)11-16-13-32-9-8-21(16)29-24/h5,7,10-11,14,17H,3-4,6,8-9,13H2,1-2H3,(H2,27,30)(H,28,31)/t14-,17-/m0/s1. The van der Waals surface area contributed by atoms with Gasteiger partial charge in [0.15, 0.2) is 0 Å². The van der Waals surface area contributed by atoms with Crippen molar-refractivity contribution in [2.24, 2.45) is 5.73 Å². The largest absolute Gasteiger partial charge is 0.474 e. The van der Waals surface area contributed by atoms with E-state index in [2.05, 4.69) is 10.3 Å². The molecule has 174 valence electrons. The lowest BCUT2D eigenvalue weighted by Gasteiger charge is -2.22. The summed E-state index contributed by atoms with van der Waals surface area (Å²) in [7, 11) is 0. The van der Waals surface area contributed by atoms with Crippen molar-refractivity contribution in [1.82, 2.24) is 10.3 Å². The average Bonchev–Trinajstić information content (AvgIpc) is 2.81. The van der Waals surface area contributed by atoms with Gasteiger partial charge in [0.05, 0.1) is 42.2 Å². The van der Waals surface area contributed by atoms with Crippen LogP contribution in [0.2, 0.25) is 0 Å². The van der Waals surface area contributed by atoms with Crippen LogP contribution >= 0.6 is 0 Å². The normalized spacial score (nSPS) is 14.5. The van der Waals surface area contributed by atoms with Crippen LogP contribution < -0.4 is 15.8 Å². The number of primary amides is 1. The maximum atomic E-state index is 14.0. The number of benzene rings is 1. The lowest BCUT2D eigenvalue weighted by molar-refractivity contribution is 0.0919. The summed E-state index contributed by atoms with van der Waals surface area (Å²) in [6, 6.07) is 7.02. The van der Waals surface area contributed by atoms with Crippen molar-refractivity contribution in [2.75, 3.05) is 6.61 Å². The van der Waals surface area contributed by atoms with Crippen molar-refractivity contribution < 1.29 is 23.5 Å². The molecule has 0 spiro atoms. The van der Waals surface area contributed by atoms with E-state index >= 15 is 0 Å². The third-order valence-electron chi connectivity index (χ3n) is 5.56. The molecule has 0 bridgehead atoms. The fourth-order valence-electron chi connectivity index (χ4n) is 3.63. The van der Waals surface area contributed by atoms with Crippen molar-refractivity contribution in [3.63, 3.8) is 0 Å². The number of aromatic nitrogens is 1. The van der Waals surface area contributed by atoms with Crippen LogP contribution in [0.25, 0.3) is 0 Å². The Morgan fingerprint density at radius 3 is 2.82 bits per heavy atom. The molecule has 0 saturated carbocycles. The minimum Gasteiger partial charge on any atom is -0.474 e. The minimum atomic E-state index is -0.680. The van der Waals surface area contributed by atoms with Crippen LogP contribution in [0, 0.1) is 17.1 Å². The molecule has 0 saturated heterocycles. The fourth-order valence-corrected chi connectivity index (χ4v) is 3.63. The maximum absolute atomic E-state index is 14.0. The third kappa shape index (κ3) is 6.05. The quantitative estimate of drug-likeness (QED) is 0.600. The van der Waals surface area contributed by atoms with E-state index in [4.69, 9.17) is 20.5 Å². The van der Waals surface area contributed by atoms with Crippen molar-refractivity contribution >= 4 is 11.8 Å². The maximum Gasteiger partial charge on any atom is 0.254 e.